The third kappa shape index (κ3) is 4.99. The van der Waals surface area contributed by atoms with Crippen molar-refractivity contribution in [2.24, 2.45) is 0 Å². The maximum absolute atomic E-state index is 12.3. The van der Waals surface area contributed by atoms with Crippen molar-refractivity contribution in [2.75, 3.05) is 34.9 Å². The zero-order valence-electron chi connectivity index (χ0n) is 15.9. The summed E-state index contributed by atoms with van der Waals surface area (Å²) in [4.78, 5) is 12.4. The Labute approximate surface area is 160 Å². The number of hydrogen-bond donors (Lipinski definition) is 1. The second kappa shape index (κ2) is 8.88. The predicted octanol–water partition coefficient (Wildman–Crippen LogP) is 1.93. The van der Waals surface area contributed by atoms with Crippen molar-refractivity contribution >= 4 is 15.9 Å². The van der Waals surface area contributed by atoms with Gasteiger partial charge in [0.25, 0.3) is 5.91 Å². The topological polar surface area (TPSA) is 84.9 Å². The fraction of sp³-hybridized carbons (Fsp3) is 0.316. The van der Waals surface area contributed by atoms with Crippen molar-refractivity contribution in [3.05, 3.63) is 53.6 Å². The fourth-order valence-electron chi connectivity index (χ4n) is 2.47. The van der Waals surface area contributed by atoms with Gasteiger partial charge in [0, 0.05) is 26.2 Å². The van der Waals surface area contributed by atoms with Gasteiger partial charge in [0.15, 0.2) is 11.5 Å². The minimum atomic E-state index is -3.58. The van der Waals surface area contributed by atoms with Crippen molar-refractivity contribution in [1.82, 2.24) is 9.62 Å². The number of carbonyl (C=O) groups is 1. The number of amides is 1. The first kappa shape index (κ1) is 20.7. The van der Waals surface area contributed by atoms with Gasteiger partial charge in [-0.3, -0.25) is 4.79 Å². The molecule has 2 rings (SSSR count). The summed E-state index contributed by atoms with van der Waals surface area (Å²) < 4.78 is 36.0. The van der Waals surface area contributed by atoms with Crippen LogP contribution in [-0.4, -0.2) is 53.5 Å². The van der Waals surface area contributed by atoms with E-state index in [0.717, 1.165) is 9.87 Å². The Morgan fingerprint density at radius 1 is 1.04 bits per heavy atom. The van der Waals surface area contributed by atoms with Gasteiger partial charge in [0.1, 0.15) is 0 Å². The van der Waals surface area contributed by atoms with Gasteiger partial charge in [-0.25, -0.2) is 12.7 Å². The lowest BCUT2D eigenvalue weighted by molar-refractivity contribution is 0.0954. The molecule has 0 saturated heterocycles. The van der Waals surface area contributed by atoms with Gasteiger partial charge in [0.2, 0.25) is 10.0 Å². The average Bonchev–Trinajstić information content (AvgIpc) is 2.67. The molecule has 1 amide bonds. The van der Waals surface area contributed by atoms with E-state index in [2.05, 4.69) is 5.32 Å². The molecule has 7 nitrogen and oxygen atoms in total. The zero-order chi connectivity index (χ0) is 20.0. The summed E-state index contributed by atoms with van der Waals surface area (Å²) >= 11 is 0. The molecule has 0 unspecified atom stereocenters. The number of methoxy groups -OCH3 is 2. The van der Waals surface area contributed by atoms with Crippen LogP contribution in [-0.2, 0) is 16.4 Å². The monoisotopic (exact) mass is 392 g/mol. The van der Waals surface area contributed by atoms with Crippen molar-refractivity contribution in [2.45, 2.75) is 11.3 Å². The Balaban J connectivity index is 2.03. The van der Waals surface area contributed by atoms with Gasteiger partial charge in [-0.2, -0.15) is 0 Å². The summed E-state index contributed by atoms with van der Waals surface area (Å²) in [5.41, 5.74) is 1.28. The lowest BCUT2D eigenvalue weighted by Gasteiger charge is -2.12. The summed E-state index contributed by atoms with van der Waals surface area (Å²) in [6.07, 6.45) is 0.599. The van der Waals surface area contributed by atoms with Crippen LogP contribution in [0.1, 0.15) is 15.9 Å². The SMILES string of the molecule is COc1ccc(CCNC(=O)c2cccc(S(=O)(=O)N(C)C)c2)cc1OC. The Morgan fingerprint density at radius 3 is 2.37 bits per heavy atom. The molecule has 0 bridgehead atoms. The van der Waals surface area contributed by atoms with Crippen LogP contribution in [0.15, 0.2) is 47.4 Å². The molecule has 0 aliphatic rings. The maximum Gasteiger partial charge on any atom is 0.251 e. The molecule has 0 aliphatic heterocycles. The Kier molecular flexibility index (Phi) is 6.81. The quantitative estimate of drug-likeness (QED) is 0.742. The number of rotatable bonds is 8. The van der Waals surface area contributed by atoms with Crippen LogP contribution in [0.3, 0.4) is 0 Å². The highest BCUT2D eigenvalue weighted by Gasteiger charge is 2.18. The third-order valence-electron chi connectivity index (χ3n) is 4.02. The summed E-state index contributed by atoms with van der Waals surface area (Å²) in [6.45, 7) is 0.402. The molecule has 8 heteroatoms. The van der Waals surface area contributed by atoms with Crippen LogP contribution in [0.25, 0.3) is 0 Å². The second-order valence-corrected chi connectivity index (χ2v) is 8.16. The van der Waals surface area contributed by atoms with Gasteiger partial charge in [-0.15, -0.1) is 0 Å². The van der Waals surface area contributed by atoms with Gasteiger partial charge in [-0.05, 0) is 42.3 Å². The molecule has 2 aromatic rings. The highest BCUT2D eigenvalue weighted by Crippen LogP contribution is 2.27. The molecular formula is C19H24N2O5S. The molecule has 0 fully saturated rings. The number of hydrogen-bond acceptors (Lipinski definition) is 5. The molecule has 0 saturated carbocycles. The molecule has 0 atom stereocenters. The van der Waals surface area contributed by atoms with Gasteiger partial charge < -0.3 is 14.8 Å². The Morgan fingerprint density at radius 2 is 1.74 bits per heavy atom. The minimum absolute atomic E-state index is 0.0834. The number of sulfonamides is 1. The van der Waals surface area contributed by atoms with Crippen LogP contribution in [0.5, 0.6) is 11.5 Å². The molecule has 0 spiro atoms. The average molecular weight is 392 g/mol. The second-order valence-electron chi connectivity index (χ2n) is 6.01. The summed E-state index contributed by atoms with van der Waals surface area (Å²) in [5.74, 6) is 0.943. The maximum atomic E-state index is 12.3. The number of nitrogens with one attached hydrogen (secondary N) is 1. The van der Waals surface area contributed by atoms with Crippen LogP contribution in [0.4, 0.5) is 0 Å². The molecule has 0 radical (unpaired) electrons. The van der Waals surface area contributed by atoms with E-state index in [1.165, 1.54) is 26.2 Å². The van der Waals surface area contributed by atoms with Crippen LogP contribution >= 0.6 is 0 Å². The minimum Gasteiger partial charge on any atom is -0.493 e. The van der Waals surface area contributed by atoms with Crippen molar-refractivity contribution in [1.29, 1.82) is 0 Å². The zero-order valence-corrected chi connectivity index (χ0v) is 16.7. The molecule has 0 aliphatic carbocycles. The van der Waals surface area contributed by atoms with E-state index in [-0.39, 0.29) is 10.8 Å². The first-order valence-electron chi connectivity index (χ1n) is 8.31. The number of ether oxygens (including phenoxy) is 2. The molecule has 146 valence electrons. The van der Waals surface area contributed by atoms with Crippen LogP contribution < -0.4 is 14.8 Å². The number of nitrogens with zero attached hydrogens (tertiary/aromatic N) is 1. The molecule has 0 heterocycles. The molecular weight excluding hydrogens is 368 g/mol. The van der Waals surface area contributed by atoms with Crippen LogP contribution in [0, 0.1) is 0 Å². The molecule has 27 heavy (non-hydrogen) atoms. The largest absolute Gasteiger partial charge is 0.493 e. The molecule has 1 N–H and O–H groups in total. The highest BCUT2D eigenvalue weighted by molar-refractivity contribution is 7.89. The molecule has 2 aromatic carbocycles. The van der Waals surface area contributed by atoms with E-state index in [4.69, 9.17) is 9.47 Å². The van der Waals surface area contributed by atoms with Gasteiger partial charge in [-0.1, -0.05) is 12.1 Å². The molecule has 0 aromatic heterocycles. The van der Waals surface area contributed by atoms with E-state index in [9.17, 15) is 13.2 Å². The normalized spacial score (nSPS) is 11.3. The van der Waals surface area contributed by atoms with Crippen molar-refractivity contribution in [3.8, 4) is 11.5 Å². The third-order valence-corrected chi connectivity index (χ3v) is 5.83. The summed E-state index contributed by atoms with van der Waals surface area (Å²) in [6, 6.07) is 11.6. The first-order valence-corrected chi connectivity index (χ1v) is 9.75. The number of carbonyl (C=O) groups excluding carboxylic acids is 1. The van der Waals surface area contributed by atoms with E-state index in [1.54, 1.807) is 26.4 Å². The smallest absolute Gasteiger partial charge is 0.251 e. The Hall–Kier alpha value is -2.58. The first-order chi connectivity index (χ1) is 12.8. The van der Waals surface area contributed by atoms with Crippen molar-refractivity contribution in [3.63, 3.8) is 0 Å². The summed E-state index contributed by atoms with van der Waals surface area (Å²) in [5, 5.41) is 2.80. The fourth-order valence-corrected chi connectivity index (χ4v) is 3.42. The lowest BCUT2D eigenvalue weighted by Crippen LogP contribution is -2.26. The van der Waals surface area contributed by atoms with Gasteiger partial charge in [0.05, 0.1) is 19.1 Å². The highest BCUT2D eigenvalue weighted by atomic mass is 32.2. The van der Waals surface area contributed by atoms with Crippen molar-refractivity contribution < 1.29 is 22.7 Å². The lowest BCUT2D eigenvalue weighted by atomic mass is 10.1. The van der Waals surface area contributed by atoms with E-state index >= 15 is 0 Å². The van der Waals surface area contributed by atoms with E-state index in [0.29, 0.717) is 30.0 Å². The van der Waals surface area contributed by atoms with Gasteiger partial charge >= 0.3 is 0 Å². The van der Waals surface area contributed by atoms with Crippen LogP contribution in [0.2, 0.25) is 0 Å². The summed E-state index contributed by atoms with van der Waals surface area (Å²) in [7, 11) is 2.46. The standard InChI is InChI=1S/C19H24N2O5S/c1-21(2)27(23,24)16-7-5-6-15(13-16)19(22)20-11-10-14-8-9-17(25-3)18(12-14)26-4/h5-9,12-13H,10-11H2,1-4H3,(H,20,22). The Bertz CT molecular complexity index is 910. The number of benzene rings is 2. The predicted molar refractivity (Wildman–Crippen MR) is 103 cm³/mol. The van der Waals surface area contributed by atoms with E-state index < -0.39 is 10.0 Å². The van der Waals surface area contributed by atoms with E-state index in [1.807, 2.05) is 18.2 Å².